The number of alkyl carbamates (subject to hydrolysis) is 1. The number of aryl methyl sites for hydroxylation is 2. The molecule has 23 heavy (non-hydrogen) atoms. The SMILES string of the molecule is Cc1nn(C)c2c1CCN(C(=O)CCNC(=O)OC(C)(C)C)C2. The van der Waals surface area contributed by atoms with Crippen molar-refractivity contribution in [2.75, 3.05) is 13.1 Å². The Morgan fingerprint density at radius 2 is 2.04 bits per heavy atom. The molecule has 2 rings (SSSR count). The van der Waals surface area contributed by atoms with E-state index in [9.17, 15) is 9.59 Å². The molecule has 1 aromatic rings. The highest BCUT2D eigenvalue weighted by Crippen LogP contribution is 2.21. The third-order valence-corrected chi connectivity index (χ3v) is 3.81. The first-order valence-corrected chi connectivity index (χ1v) is 7.93. The second-order valence-corrected chi connectivity index (χ2v) is 6.88. The largest absolute Gasteiger partial charge is 0.444 e. The van der Waals surface area contributed by atoms with E-state index in [1.54, 1.807) is 20.8 Å². The molecule has 0 saturated heterocycles. The molecule has 128 valence electrons. The lowest BCUT2D eigenvalue weighted by molar-refractivity contribution is -0.132. The van der Waals surface area contributed by atoms with Gasteiger partial charge in [-0.2, -0.15) is 5.10 Å². The van der Waals surface area contributed by atoms with Crippen molar-refractivity contribution in [2.24, 2.45) is 7.05 Å². The molecule has 0 radical (unpaired) electrons. The lowest BCUT2D eigenvalue weighted by atomic mass is 10.0. The van der Waals surface area contributed by atoms with Gasteiger partial charge in [0.05, 0.1) is 17.9 Å². The van der Waals surface area contributed by atoms with Crippen LogP contribution < -0.4 is 5.32 Å². The van der Waals surface area contributed by atoms with E-state index in [0.29, 0.717) is 13.1 Å². The number of carbonyl (C=O) groups is 2. The van der Waals surface area contributed by atoms with Gasteiger partial charge in [0, 0.05) is 26.6 Å². The van der Waals surface area contributed by atoms with Gasteiger partial charge in [-0.15, -0.1) is 0 Å². The molecule has 2 heterocycles. The maximum absolute atomic E-state index is 12.3. The van der Waals surface area contributed by atoms with Crippen molar-refractivity contribution in [3.8, 4) is 0 Å². The van der Waals surface area contributed by atoms with Gasteiger partial charge in [-0.3, -0.25) is 9.48 Å². The summed E-state index contributed by atoms with van der Waals surface area (Å²) >= 11 is 0. The number of fused-ring (bicyclic) bond motifs is 1. The Bertz CT molecular complexity index is 601. The summed E-state index contributed by atoms with van der Waals surface area (Å²) in [5.74, 6) is 0.0329. The zero-order valence-corrected chi connectivity index (χ0v) is 14.6. The summed E-state index contributed by atoms with van der Waals surface area (Å²) < 4.78 is 6.99. The van der Waals surface area contributed by atoms with Crippen LogP contribution in [0.25, 0.3) is 0 Å². The molecule has 1 aromatic heterocycles. The molecule has 1 aliphatic heterocycles. The quantitative estimate of drug-likeness (QED) is 0.915. The van der Waals surface area contributed by atoms with E-state index >= 15 is 0 Å². The van der Waals surface area contributed by atoms with Crippen LogP contribution in [-0.2, 0) is 29.5 Å². The van der Waals surface area contributed by atoms with E-state index in [2.05, 4.69) is 10.4 Å². The molecule has 7 nitrogen and oxygen atoms in total. The Balaban J connectivity index is 1.81. The van der Waals surface area contributed by atoms with E-state index in [-0.39, 0.29) is 18.9 Å². The summed E-state index contributed by atoms with van der Waals surface area (Å²) in [7, 11) is 1.91. The minimum absolute atomic E-state index is 0.0329. The maximum Gasteiger partial charge on any atom is 0.407 e. The molecular weight excluding hydrogens is 296 g/mol. The van der Waals surface area contributed by atoms with Crippen molar-refractivity contribution in [3.05, 3.63) is 17.0 Å². The minimum Gasteiger partial charge on any atom is -0.444 e. The summed E-state index contributed by atoms with van der Waals surface area (Å²) in [6, 6.07) is 0. The van der Waals surface area contributed by atoms with E-state index in [1.807, 2.05) is 23.6 Å². The van der Waals surface area contributed by atoms with Gasteiger partial charge in [0.25, 0.3) is 0 Å². The number of nitrogens with zero attached hydrogens (tertiary/aromatic N) is 3. The summed E-state index contributed by atoms with van der Waals surface area (Å²) in [5, 5.41) is 7.03. The molecule has 0 unspecified atom stereocenters. The zero-order chi connectivity index (χ0) is 17.2. The smallest absolute Gasteiger partial charge is 0.407 e. The van der Waals surface area contributed by atoms with Gasteiger partial charge < -0.3 is 15.0 Å². The van der Waals surface area contributed by atoms with Gasteiger partial charge in [0.2, 0.25) is 5.91 Å². The van der Waals surface area contributed by atoms with Gasteiger partial charge in [-0.1, -0.05) is 0 Å². The summed E-state index contributed by atoms with van der Waals surface area (Å²) in [5.41, 5.74) is 2.86. The third kappa shape index (κ3) is 4.46. The van der Waals surface area contributed by atoms with Crippen LogP contribution in [0.4, 0.5) is 4.79 Å². The van der Waals surface area contributed by atoms with Crippen molar-refractivity contribution < 1.29 is 14.3 Å². The van der Waals surface area contributed by atoms with Crippen molar-refractivity contribution in [1.29, 1.82) is 0 Å². The number of nitrogens with one attached hydrogen (secondary N) is 1. The Hall–Kier alpha value is -2.05. The van der Waals surface area contributed by atoms with Crippen LogP contribution >= 0.6 is 0 Å². The normalized spacial score (nSPS) is 14.4. The molecule has 1 N–H and O–H groups in total. The second kappa shape index (κ2) is 6.60. The van der Waals surface area contributed by atoms with Gasteiger partial charge in [0.1, 0.15) is 5.60 Å². The number of hydrogen-bond donors (Lipinski definition) is 1. The predicted octanol–water partition coefficient (Wildman–Crippen LogP) is 1.53. The standard InChI is InChI=1S/C16H26N4O3/c1-11-12-7-9-20(10-13(12)19(5)18-11)14(21)6-8-17-15(22)23-16(2,3)4/h6-10H2,1-5H3,(H,17,22). The molecule has 0 bridgehead atoms. The van der Waals surface area contributed by atoms with Crippen molar-refractivity contribution in [2.45, 2.75) is 52.7 Å². The Kier molecular flexibility index (Phi) is 4.97. The van der Waals surface area contributed by atoms with Crippen molar-refractivity contribution in [1.82, 2.24) is 20.0 Å². The Labute approximate surface area is 137 Å². The fourth-order valence-electron chi connectivity index (χ4n) is 2.74. The first kappa shape index (κ1) is 17.3. The number of hydrogen-bond acceptors (Lipinski definition) is 4. The molecule has 0 aliphatic carbocycles. The number of ether oxygens (including phenoxy) is 1. The fraction of sp³-hybridized carbons (Fsp3) is 0.688. The number of aromatic nitrogens is 2. The average Bonchev–Trinajstić information content (AvgIpc) is 2.71. The molecule has 2 amide bonds. The van der Waals surface area contributed by atoms with Crippen LogP contribution in [0.5, 0.6) is 0 Å². The molecule has 7 heteroatoms. The van der Waals surface area contributed by atoms with Crippen LogP contribution in [0.2, 0.25) is 0 Å². The van der Waals surface area contributed by atoms with Crippen molar-refractivity contribution >= 4 is 12.0 Å². The molecule has 0 saturated carbocycles. The number of rotatable bonds is 3. The average molecular weight is 322 g/mol. The monoisotopic (exact) mass is 322 g/mol. The van der Waals surface area contributed by atoms with E-state index in [4.69, 9.17) is 4.74 Å². The molecule has 0 spiro atoms. The minimum atomic E-state index is -0.533. The predicted molar refractivity (Wildman–Crippen MR) is 85.9 cm³/mol. The Morgan fingerprint density at radius 1 is 1.35 bits per heavy atom. The van der Waals surface area contributed by atoms with E-state index in [0.717, 1.165) is 17.8 Å². The molecule has 0 aromatic carbocycles. The number of amides is 2. The van der Waals surface area contributed by atoms with Crippen LogP contribution in [0.1, 0.15) is 44.1 Å². The van der Waals surface area contributed by atoms with Crippen LogP contribution in [0.15, 0.2) is 0 Å². The highest BCUT2D eigenvalue weighted by Gasteiger charge is 2.25. The van der Waals surface area contributed by atoms with Gasteiger partial charge in [-0.05, 0) is 39.7 Å². The van der Waals surface area contributed by atoms with E-state index in [1.165, 1.54) is 5.56 Å². The van der Waals surface area contributed by atoms with Crippen molar-refractivity contribution in [3.63, 3.8) is 0 Å². The fourth-order valence-corrected chi connectivity index (χ4v) is 2.74. The highest BCUT2D eigenvalue weighted by molar-refractivity contribution is 5.77. The lowest BCUT2D eigenvalue weighted by Crippen LogP contribution is -2.39. The Morgan fingerprint density at radius 3 is 2.70 bits per heavy atom. The van der Waals surface area contributed by atoms with Gasteiger partial charge in [0.15, 0.2) is 0 Å². The van der Waals surface area contributed by atoms with E-state index < -0.39 is 11.7 Å². The van der Waals surface area contributed by atoms with Crippen LogP contribution in [-0.4, -0.2) is 45.4 Å². The third-order valence-electron chi connectivity index (χ3n) is 3.81. The summed E-state index contributed by atoms with van der Waals surface area (Å²) in [6.45, 7) is 8.97. The van der Waals surface area contributed by atoms with Gasteiger partial charge in [-0.25, -0.2) is 4.79 Å². The second-order valence-electron chi connectivity index (χ2n) is 6.88. The molecular formula is C16H26N4O3. The molecule has 0 atom stereocenters. The lowest BCUT2D eigenvalue weighted by Gasteiger charge is -2.27. The first-order chi connectivity index (χ1) is 10.7. The zero-order valence-electron chi connectivity index (χ0n) is 14.6. The van der Waals surface area contributed by atoms with Crippen LogP contribution in [0, 0.1) is 6.92 Å². The topological polar surface area (TPSA) is 76.5 Å². The first-order valence-electron chi connectivity index (χ1n) is 7.93. The molecule has 0 fully saturated rings. The number of carbonyl (C=O) groups excluding carboxylic acids is 2. The van der Waals surface area contributed by atoms with Gasteiger partial charge >= 0.3 is 6.09 Å². The summed E-state index contributed by atoms with van der Waals surface area (Å²) in [4.78, 5) is 25.7. The maximum atomic E-state index is 12.3. The highest BCUT2D eigenvalue weighted by atomic mass is 16.6. The van der Waals surface area contributed by atoms with Crippen LogP contribution in [0.3, 0.4) is 0 Å². The summed E-state index contributed by atoms with van der Waals surface area (Å²) in [6.07, 6.45) is 0.611. The molecule has 1 aliphatic rings.